The molecular weight excluding hydrogens is 272 g/mol. The summed E-state index contributed by atoms with van der Waals surface area (Å²) in [4.78, 5) is 12.1. The second-order valence-corrected chi connectivity index (χ2v) is 7.72. The summed E-state index contributed by atoms with van der Waals surface area (Å²) < 4.78 is 0. The topological polar surface area (TPSA) is 37.3 Å². The monoisotopic (exact) mass is 302 g/mol. The molecule has 2 rings (SSSR count). The molecule has 3 atom stereocenters. The number of aliphatic hydroxyl groups excluding tert-OH is 1. The van der Waals surface area contributed by atoms with E-state index in [1.54, 1.807) is 0 Å². The van der Waals surface area contributed by atoms with Crippen molar-refractivity contribution >= 4 is 5.78 Å². The van der Waals surface area contributed by atoms with E-state index in [1.165, 1.54) is 12.0 Å². The Hall–Kier alpha value is -1.15. The Morgan fingerprint density at radius 2 is 1.86 bits per heavy atom. The van der Waals surface area contributed by atoms with Crippen molar-refractivity contribution in [3.63, 3.8) is 0 Å². The van der Waals surface area contributed by atoms with E-state index in [1.807, 2.05) is 19.9 Å². The molecule has 122 valence electrons. The minimum Gasteiger partial charge on any atom is -0.388 e. The first-order valence-corrected chi connectivity index (χ1v) is 8.45. The van der Waals surface area contributed by atoms with Gasteiger partial charge in [0.25, 0.3) is 0 Å². The minimum absolute atomic E-state index is 0.162. The maximum absolute atomic E-state index is 12.1. The maximum atomic E-state index is 12.1. The lowest BCUT2D eigenvalue weighted by Crippen LogP contribution is -2.09. The number of ketones is 1. The fourth-order valence-corrected chi connectivity index (χ4v) is 3.56. The first kappa shape index (κ1) is 17.2. The molecule has 22 heavy (non-hydrogen) atoms. The van der Waals surface area contributed by atoms with Gasteiger partial charge in [-0.2, -0.15) is 0 Å². The van der Waals surface area contributed by atoms with Crippen molar-refractivity contribution in [1.29, 1.82) is 0 Å². The zero-order valence-electron chi connectivity index (χ0n) is 14.6. The van der Waals surface area contributed by atoms with Crippen LogP contribution in [0, 0.1) is 17.3 Å². The molecule has 2 aliphatic carbocycles. The summed E-state index contributed by atoms with van der Waals surface area (Å²) in [6.45, 7) is 10.6. The van der Waals surface area contributed by atoms with Gasteiger partial charge in [0.1, 0.15) is 0 Å². The molecule has 0 heterocycles. The van der Waals surface area contributed by atoms with Crippen LogP contribution in [0.4, 0.5) is 0 Å². The summed E-state index contributed by atoms with van der Waals surface area (Å²) in [5.74, 6) is 1.42. The van der Waals surface area contributed by atoms with Gasteiger partial charge in [0.2, 0.25) is 0 Å². The Morgan fingerprint density at radius 1 is 1.18 bits per heavy atom. The Morgan fingerprint density at radius 3 is 2.55 bits per heavy atom. The summed E-state index contributed by atoms with van der Waals surface area (Å²) in [6.07, 6.45) is 9.00. The van der Waals surface area contributed by atoms with Crippen LogP contribution in [0.1, 0.15) is 60.3 Å². The molecule has 0 radical (unpaired) electrons. The average Bonchev–Trinajstić information content (AvgIpc) is 2.98. The largest absolute Gasteiger partial charge is 0.388 e. The van der Waals surface area contributed by atoms with Crippen LogP contribution >= 0.6 is 0 Å². The summed E-state index contributed by atoms with van der Waals surface area (Å²) in [6, 6.07) is 0. The SMILES string of the molecule is CC1=CCC(=O)C(C)=CCC(O)C(C)=C[C@@H]2[C@H](CC1)C2(C)C. The van der Waals surface area contributed by atoms with Crippen molar-refractivity contribution in [2.45, 2.75) is 66.4 Å². The molecule has 0 amide bonds. The third-order valence-electron chi connectivity index (χ3n) is 5.68. The maximum Gasteiger partial charge on any atom is 0.162 e. The van der Waals surface area contributed by atoms with Gasteiger partial charge in [-0.1, -0.05) is 37.6 Å². The number of rotatable bonds is 0. The van der Waals surface area contributed by atoms with E-state index in [4.69, 9.17) is 0 Å². The van der Waals surface area contributed by atoms with Crippen LogP contribution in [-0.2, 0) is 4.79 Å². The van der Waals surface area contributed by atoms with E-state index in [-0.39, 0.29) is 5.78 Å². The van der Waals surface area contributed by atoms with Crippen LogP contribution in [0.25, 0.3) is 0 Å². The highest BCUT2D eigenvalue weighted by molar-refractivity contribution is 5.95. The number of aliphatic hydroxyl groups is 1. The van der Waals surface area contributed by atoms with E-state index < -0.39 is 6.10 Å². The molecule has 1 saturated carbocycles. The average molecular weight is 302 g/mol. The molecule has 0 bridgehead atoms. The van der Waals surface area contributed by atoms with Gasteiger partial charge in [0, 0.05) is 6.42 Å². The van der Waals surface area contributed by atoms with Gasteiger partial charge >= 0.3 is 0 Å². The third kappa shape index (κ3) is 3.78. The number of allylic oxidation sites excluding steroid dienone is 4. The zero-order valence-corrected chi connectivity index (χ0v) is 14.6. The van der Waals surface area contributed by atoms with E-state index >= 15 is 0 Å². The van der Waals surface area contributed by atoms with Crippen molar-refractivity contribution in [3.8, 4) is 0 Å². The number of hydrogen-bond acceptors (Lipinski definition) is 2. The highest BCUT2D eigenvalue weighted by atomic mass is 16.3. The molecule has 2 heteroatoms. The first-order chi connectivity index (χ1) is 10.2. The Balaban J connectivity index is 2.23. The van der Waals surface area contributed by atoms with Crippen LogP contribution in [0.15, 0.2) is 34.9 Å². The molecule has 2 aliphatic rings. The van der Waals surface area contributed by atoms with Crippen LogP contribution in [0.2, 0.25) is 0 Å². The molecule has 2 nitrogen and oxygen atoms in total. The van der Waals surface area contributed by atoms with Crippen LogP contribution < -0.4 is 0 Å². The van der Waals surface area contributed by atoms with Gasteiger partial charge in [-0.05, 0) is 68.4 Å². The number of carbonyl (C=O) groups excluding carboxylic acids is 1. The summed E-state index contributed by atoms with van der Waals surface area (Å²) >= 11 is 0. The molecule has 1 unspecified atom stereocenters. The zero-order chi connectivity index (χ0) is 16.5. The van der Waals surface area contributed by atoms with Crippen LogP contribution in [-0.4, -0.2) is 17.0 Å². The lowest BCUT2D eigenvalue weighted by Gasteiger charge is -2.10. The highest BCUT2D eigenvalue weighted by Gasteiger charge is 2.55. The second-order valence-electron chi connectivity index (χ2n) is 7.72. The third-order valence-corrected chi connectivity index (χ3v) is 5.68. The normalized spacial score (nSPS) is 33.1. The van der Waals surface area contributed by atoms with Gasteiger partial charge in [-0.3, -0.25) is 4.79 Å². The molecule has 0 aliphatic heterocycles. The van der Waals surface area contributed by atoms with E-state index in [0.29, 0.717) is 30.1 Å². The molecule has 1 fully saturated rings. The number of hydrogen-bond donors (Lipinski definition) is 1. The van der Waals surface area contributed by atoms with E-state index in [2.05, 4.69) is 32.9 Å². The van der Waals surface area contributed by atoms with Crippen molar-refractivity contribution in [1.82, 2.24) is 0 Å². The summed E-state index contributed by atoms with van der Waals surface area (Å²) in [7, 11) is 0. The van der Waals surface area contributed by atoms with Crippen molar-refractivity contribution < 1.29 is 9.90 Å². The predicted molar refractivity (Wildman–Crippen MR) is 91.5 cm³/mol. The smallest absolute Gasteiger partial charge is 0.162 e. The van der Waals surface area contributed by atoms with Crippen molar-refractivity contribution in [2.24, 2.45) is 17.3 Å². The fraction of sp³-hybridized carbons (Fsp3) is 0.650. The van der Waals surface area contributed by atoms with Gasteiger partial charge in [0.15, 0.2) is 5.78 Å². The minimum atomic E-state index is -0.472. The van der Waals surface area contributed by atoms with Gasteiger partial charge < -0.3 is 5.11 Å². The second kappa shape index (κ2) is 6.54. The van der Waals surface area contributed by atoms with Crippen LogP contribution in [0.3, 0.4) is 0 Å². The highest BCUT2D eigenvalue weighted by Crippen LogP contribution is 2.61. The molecule has 1 N–H and O–H groups in total. The van der Waals surface area contributed by atoms with Crippen molar-refractivity contribution in [3.05, 3.63) is 34.9 Å². The van der Waals surface area contributed by atoms with E-state index in [0.717, 1.165) is 17.6 Å². The predicted octanol–water partition coefficient (Wildman–Crippen LogP) is 4.60. The molecular formula is C20H30O2. The number of Topliss-reactive ketones (excluding diaryl/α,β-unsaturated/α-hetero) is 1. The lowest BCUT2D eigenvalue weighted by atomic mass is 10.00. The number of fused-ring (bicyclic) bond motifs is 1. The van der Waals surface area contributed by atoms with Gasteiger partial charge in [-0.25, -0.2) is 0 Å². The Kier molecular flexibility index (Phi) is 5.11. The Labute approximate surface area is 135 Å². The summed E-state index contributed by atoms with van der Waals surface area (Å²) in [5, 5.41) is 10.3. The summed E-state index contributed by atoms with van der Waals surface area (Å²) in [5.41, 5.74) is 3.46. The van der Waals surface area contributed by atoms with Gasteiger partial charge in [-0.15, -0.1) is 0 Å². The molecule has 0 aromatic rings. The Bertz CT molecular complexity index is 534. The standard InChI is InChI=1S/C20H30O2/c1-13-6-9-16-17(20(16,4)5)12-15(3)19(22)11-8-14(2)18(21)10-7-13/h7-8,12,16-17,19,22H,6,9-11H2,1-5H3/t16-,17+,19?/m0/s1. The molecule has 0 aromatic carbocycles. The van der Waals surface area contributed by atoms with E-state index in [9.17, 15) is 9.90 Å². The first-order valence-electron chi connectivity index (χ1n) is 8.45. The fourth-order valence-electron chi connectivity index (χ4n) is 3.56. The van der Waals surface area contributed by atoms with Gasteiger partial charge in [0.05, 0.1) is 6.10 Å². The van der Waals surface area contributed by atoms with Crippen molar-refractivity contribution in [2.75, 3.05) is 0 Å². The lowest BCUT2D eigenvalue weighted by molar-refractivity contribution is -0.114. The number of carbonyl (C=O) groups is 1. The van der Waals surface area contributed by atoms with Crippen LogP contribution in [0.5, 0.6) is 0 Å². The molecule has 0 spiro atoms. The quantitative estimate of drug-likeness (QED) is 0.664. The molecule has 0 saturated heterocycles. The molecule has 0 aromatic heterocycles.